The Morgan fingerprint density at radius 1 is 1.00 bits per heavy atom. The summed E-state index contributed by atoms with van der Waals surface area (Å²) >= 11 is 0. The SMILES string of the molecule is CC(C)(C)C1(CCCC2(N)CC2)CC1. The lowest BCUT2D eigenvalue weighted by Gasteiger charge is -2.31. The van der Waals surface area contributed by atoms with Crippen molar-refractivity contribution < 1.29 is 0 Å². The average Bonchev–Trinajstić information content (AvgIpc) is 2.88. The Labute approximate surface area is 88.4 Å². The van der Waals surface area contributed by atoms with Crippen molar-refractivity contribution >= 4 is 0 Å². The van der Waals surface area contributed by atoms with E-state index in [0.717, 1.165) is 0 Å². The molecule has 0 atom stereocenters. The van der Waals surface area contributed by atoms with Crippen LogP contribution in [0, 0.1) is 10.8 Å². The molecule has 0 aromatic heterocycles. The molecule has 0 aliphatic heterocycles. The molecule has 1 nitrogen and oxygen atoms in total. The first-order chi connectivity index (χ1) is 6.37. The normalized spacial score (nSPS) is 27.4. The molecule has 0 unspecified atom stereocenters. The molecule has 0 heterocycles. The second-order valence-corrected chi connectivity index (χ2v) is 6.75. The fourth-order valence-electron chi connectivity index (χ4n) is 2.72. The summed E-state index contributed by atoms with van der Waals surface area (Å²) in [6.45, 7) is 7.19. The van der Waals surface area contributed by atoms with Gasteiger partial charge >= 0.3 is 0 Å². The van der Waals surface area contributed by atoms with Crippen molar-refractivity contribution in [3.63, 3.8) is 0 Å². The predicted octanol–water partition coefficient (Wildman–Crippen LogP) is 3.47. The fraction of sp³-hybridized carbons (Fsp3) is 1.00. The molecule has 2 rings (SSSR count). The quantitative estimate of drug-likeness (QED) is 0.730. The van der Waals surface area contributed by atoms with Gasteiger partial charge in [-0.1, -0.05) is 27.2 Å². The van der Waals surface area contributed by atoms with Crippen LogP contribution in [0.15, 0.2) is 0 Å². The minimum absolute atomic E-state index is 0.272. The highest BCUT2D eigenvalue weighted by Gasteiger charge is 2.51. The van der Waals surface area contributed by atoms with Gasteiger partial charge in [0.2, 0.25) is 0 Å². The van der Waals surface area contributed by atoms with Crippen LogP contribution in [0.3, 0.4) is 0 Å². The number of rotatable bonds is 4. The maximum Gasteiger partial charge on any atom is 0.0155 e. The van der Waals surface area contributed by atoms with E-state index in [9.17, 15) is 0 Å². The summed E-state index contributed by atoms with van der Waals surface area (Å²) in [6.07, 6.45) is 9.49. The lowest BCUT2D eigenvalue weighted by molar-refractivity contribution is 0.192. The van der Waals surface area contributed by atoms with Crippen LogP contribution >= 0.6 is 0 Å². The lowest BCUT2D eigenvalue weighted by Crippen LogP contribution is -2.25. The third-order valence-electron chi connectivity index (χ3n) is 4.67. The van der Waals surface area contributed by atoms with Crippen LogP contribution in [0.2, 0.25) is 0 Å². The van der Waals surface area contributed by atoms with Gasteiger partial charge < -0.3 is 5.73 Å². The van der Waals surface area contributed by atoms with Crippen molar-refractivity contribution in [2.75, 3.05) is 0 Å². The molecule has 82 valence electrons. The molecule has 0 amide bonds. The van der Waals surface area contributed by atoms with Gasteiger partial charge in [-0.15, -0.1) is 0 Å². The lowest BCUT2D eigenvalue weighted by atomic mass is 9.74. The molecule has 2 aliphatic rings. The van der Waals surface area contributed by atoms with Gasteiger partial charge in [-0.05, 0) is 49.4 Å². The zero-order valence-electron chi connectivity index (χ0n) is 10.0. The third-order valence-corrected chi connectivity index (χ3v) is 4.67. The highest BCUT2D eigenvalue weighted by Crippen LogP contribution is 2.61. The fourth-order valence-corrected chi connectivity index (χ4v) is 2.72. The van der Waals surface area contributed by atoms with E-state index in [4.69, 9.17) is 5.73 Å². The molecule has 2 aliphatic carbocycles. The molecule has 0 aromatic rings. The van der Waals surface area contributed by atoms with E-state index in [-0.39, 0.29) is 5.54 Å². The van der Waals surface area contributed by atoms with E-state index in [1.165, 1.54) is 44.9 Å². The predicted molar refractivity (Wildman–Crippen MR) is 61.1 cm³/mol. The van der Waals surface area contributed by atoms with E-state index < -0.39 is 0 Å². The Bertz CT molecular complexity index is 216. The summed E-state index contributed by atoms with van der Waals surface area (Å²) in [5.74, 6) is 0. The first-order valence-electron chi connectivity index (χ1n) is 6.16. The maximum atomic E-state index is 6.11. The summed E-state index contributed by atoms with van der Waals surface area (Å²) in [5, 5.41) is 0. The van der Waals surface area contributed by atoms with Crippen LogP contribution in [-0.4, -0.2) is 5.54 Å². The van der Waals surface area contributed by atoms with Crippen LogP contribution in [0.4, 0.5) is 0 Å². The van der Waals surface area contributed by atoms with E-state index >= 15 is 0 Å². The Hall–Kier alpha value is -0.0400. The van der Waals surface area contributed by atoms with Gasteiger partial charge in [-0.3, -0.25) is 0 Å². The zero-order valence-corrected chi connectivity index (χ0v) is 10.0. The topological polar surface area (TPSA) is 26.0 Å². The summed E-state index contributed by atoms with van der Waals surface area (Å²) in [4.78, 5) is 0. The van der Waals surface area contributed by atoms with Gasteiger partial charge in [-0.25, -0.2) is 0 Å². The van der Waals surface area contributed by atoms with Crippen molar-refractivity contribution in [3.05, 3.63) is 0 Å². The highest BCUT2D eigenvalue weighted by molar-refractivity contribution is 5.03. The van der Waals surface area contributed by atoms with Crippen LogP contribution in [0.1, 0.15) is 65.7 Å². The monoisotopic (exact) mass is 195 g/mol. The van der Waals surface area contributed by atoms with Gasteiger partial charge in [0.1, 0.15) is 0 Å². The molecule has 0 spiro atoms. The summed E-state index contributed by atoms with van der Waals surface area (Å²) in [7, 11) is 0. The van der Waals surface area contributed by atoms with Crippen molar-refractivity contribution in [3.8, 4) is 0 Å². The van der Waals surface area contributed by atoms with Crippen LogP contribution < -0.4 is 5.73 Å². The summed E-state index contributed by atoms with van der Waals surface area (Å²) in [5.41, 5.74) is 7.57. The van der Waals surface area contributed by atoms with Crippen LogP contribution in [0.5, 0.6) is 0 Å². The third kappa shape index (κ3) is 1.98. The largest absolute Gasteiger partial charge is 0.325 e. The Morgan fingerprint density at radius 3 is 1.93 bits per heavy atom. The molecule has 0 aromatic carbocycles. The Morgan fingerprint density at radius 2 is 1.57 bits per heavy atom. The minimum Gasteiger partial charge on any atom is -0.325 e. The first kappa shape index (κ1) is 10.5. The van der Waals surface area contributed by atoms with Gasteiger partial charge in [0.25, 0.3) is 0 Å². The van der Waals surface area contributed by atoms with Gasteiger partial charge in [0.15, 0.2) is 0 Å². The number of hydrogen-bond acceptors (Lipinski definition) is 1. The van der Waals surface area contributed by atoms with E-state index in [1.807, 2.05) is 0 Å². The smallest absolute Gasteiger partial charge is 0.0155 e. The average molecular weight is 195 g/mol. The molecule has 0 bridgehead atoms. The molecule has 2 N–H and O–H groups in total. The summed E-state index contributed by atoms with van der Waals surface area (Å²) in [6, 6.07) is 0. The molecule has 14 heavy (non-hydrogen) atoms. The molecular formula is C13H25N. The number of nitrogens with two attached hydrogens (primary N) is 1. The van der Waals surface area contributed by atoms with Gasteiger partial charge in [0, 0.05) is 5.54 Å². The number of hydrogen-bond donors (Lipinski definition) is 1. The second-order valence-electron chi connectivity index (χ2n) is 6.75. The molecular weight excluding hydrogens is 170 g/mol. The maximum absolute atomic E-state index is 6.11. The van der Waals surface area contributed by atoms with Crippen molar-refractivity contribution in [2.24, 2.45) is 16.6 Å². The van der Waals surface area contributed by atoms with Crippen molar-refractivity contribution in [2.45, 2.75) is 71.3 Å². The standard InChI is InChI=1S/C13H25N/c1-11(2,3)12(7-8-12)5-4-6-13(14)9-10-13/h4-10,14H2,1-3H3. The molecule has 1 heteroatoms. The molecule has 0 saturated heterocycles. The first-order valence-corrected chi connectivity index (χ1v) is 6.16. The van der Waals surface area contributed by atoms with Gasteiger partial charge in [0.05, 0.1) is 0 Å². The zero-order chi connectivity index (χ0) is 10.4. The second kappa shape index (κ2) is 2.98. The van der Waals surface area contributed by atoms with E-state index in [2.05, 4.69) is 20.8 Å². The summed E-state index contributed by atoms with van der Waals surface area (Å²) < 4.78 is 0. The minimum atomic E-state index is 0.272. The van der Waals surface area contributed by atoms with E-state index in [1.54, 1.807) is 0 Å². The van der Waals surface area contributed by atoms with Gasteiger partial charge in [-0.2, -0.15) is 0 Å². The molecule has 2 fully saturated rings. The van der Waals surface area contributed by atoms with Crippen LogP contribution in [0.25, 0.3) is 0 Å². The van der Waals surface area contributed by atoms with Crippen molar-refractivity contribution in [1.29, 1.82) is 0 Å². The van der Waals surface area contributed by atoms with Crippen molar-refractivity contribution in [1.82, 2.24) is 0 Å². The Balaban J connectivity index is 1.75. The van der Waals surface area contributed by atoms with E-state index in [0.29, 0.717) is 10.8 Å². The Kier molecular flexibility index (Phi) is 2.23. The molecule has 2 saturated carbocycles. The molecule has 0 radical (unpaired) electrons. The van der Waals surface area contributed by atoms with Crippen LogP contribution in [-0.2, 0) is 0 Å². The highest BCUT2D eigenvalue weighted by atomic mass is 14.8.